The first-order chi connectivity index (χ1) is 14.1. The minimum atomic E-state index is -1.15. The summed E-state index contributed by atoms with van der Waals surface area (Å²) in [6, 6.07) is 12.6. The number of hydrogen-bond donors (Lipinski definition) is 1. The molecule has 0 saturated carbocycles. The molecule has 0 unspecified atom stereocenters. The van der Waals surface area contributed by atoms with Crippen LogP contribution in [0.4, 0.5) is 5.69 Å². The van der Waals surface area contributed by atoms with Crippen molar-refractivity contribution >= 4 is 29.2 Å². The number of para-hydroxylation sites is 1. The number of halogens is 1. The second-order valence-corrected chi connectivity index (χ2v) is 8.97. The van der Waals surface area contributed by atoms with E-state index < -0.39 is 24.6 Å². The van der Waals surface area contributed by atoms with E-state index in [-0.39, 0.29) is 11.3 Å². The van der Waals surface area contributed by atoms with Gasteiger partial charge in [-0.05, 0) is 29.7 Å². The van der Waals surface area contributed by atoms with Crippen molar-refractivity contribution in [3.05, 3.63) is 58.6 Å². The van der Waals surface area contributed by atoms with E-state index in [1.54, 1.807) is 36.3 Å². The summed E-state index contributed by atoms with van der Waals surface area (Å²) >= 11 is 6.31. The highest BCUT2D eigenvalue weighted by molar-refractivity contribution is 6.30. The molecule has 2 aromatic carbocycles. The molecule has 1 heterocycles. The summed E-state index contributed by atoms with van der Waals surface area (Å²) in [6.45, 7) is 6.46. The third kappa shape index (κ3) is 4.77. The number of carboxylic acids is 1. The van der Waals surface area contributed by atoms with E-state index in [9.17, 15) is 14.7 Å². The highest BCUT2D eigenvalue weighted by atomic mass is 35.5. The number of rotatable bonds is 5. The van der Waals surface area contributed by atoms with E-state index >= 15 is 0 Å². The summed E-state index contributed by atoms with van der Waals surface area (Å²) < 4.78 is 11.7. The van der Waals surface area contributed by atoms with Crippen LogP contribution in [0.5, 0.6) is 5.75 Å². The fraction of sp³-hybridized carbons (Fsp3) is 0.391. The van der Waals surface area contributed by atoms with Gasteiger partial charge in [0, 0.05) is 28.4 Å². The summed E-state index contributed by atoms with van der Waals surface area (Å²) in [5, 5.41) is 9.91. The van der Waals surface area contributed by atoms with Crippen molar-refractivity contribution in [2.75, 3.05) is 18.6 Å². The van der Waals surface area contributed by atoms with E-state index in [0.29, 0.717) is 34.1 Å². The molecule has 160 valence electrons. The lowest BCUT2D eigenvalue weighted by Gasteiger charge is -2.31. The molecule has 0 bridgehead atoms. The summed E-state index contributed by atoms with van der Waals surface area (Å²) in [4.78, 5) is 26.5. The Balaban J connectivity index is 2.23. The first-order valence-corrected chi connectivity index (χ1v) is 10.1. The topological polar surface area (TPSA) is 76.1 Å². The van der Waals surface area contributed by atoms with Gasteiger partial charge in [-0.15, -0.1) is 0 Å². The second-order valence-electron chi connectivity index (χ2n) is 8.53. The molecule has 1 N–H and O–H groups in total. The molecular formula is C23H26ClNO5. The molecule has 0 fully saturated rings. The van der Waals surface area contributed by atoms with Crippen LogP contribution in [0.15, 0.2) is 42.5 Å². The van der Waals surface area contributed by atoms with Gasteiger partial charge < -0.3 is 19.5 Å². The van der Waals surface area contributed by atoms with Crippen LogP contribution in [0.1, 0.15) is 44.4 Å². The van der Waals surface area contributed by atoms with Crippen molar-refractivity contribution in [2.45, 2.75) is 39.4 Å². The molecule has 0 aliphatic carbocycles. The molecule has 1 amide bonds. The smallest absolute Gasteiger partial charge is 0.306 e. The molecule has 7 heteroatoms. The zero-order valence-electron chi connectivity index (χ0n) is 17.5. The van der Waals surface area contributed by atoms with Gasteiger partial charge in [0.2, 0.25) is 0 Å². The highest BCUT2D eigenvalue weighted by Gasteiger charge is 2.39. The predicted molar refractivity (Wildman–Crippen MR) is 115 cm³/mol. The van der Waals surface area contributed by atoms with Crippen molar-refractivity contribution in [2.24, 2.45) is 5.41 Å². The van der Waals surface area contributed by atoms with Gasteiger partial charge in [0.05, 0.1) is 13.5 Å². The van der Waals surface area contributed by atoms with Crippen LogP contribution in [-0.4, -0.2) is 36.7 Å². The van der Waals surface area contributed by atoms with Crippen LogP contribution in [0.25, 0.3) is 0 Å². The summed E-state index contributed by atoms with van der Waals surface area (Å²) in [6.07, 6.45) is -2.30. The van der Waals surface area contributed by atoms with Crippen LogP contribution in [0.2, 0.25) is 5.02 Å². The number of methoxy groups -OCH3 is 1. The van der Waals surface area contributed by atoms with E-state index in [0.717, 1.165) is 0 Å². The maximum atomic E-state index is 13.4. The number of carbonyl (C=O) groups is 2. The van der Waals surface area contributed by atoms with Crippen molar-refractivity contribution < 1.29 is 24.2 Å². The molecule has 3 rings (SSSR count). The molecule has 2 aromatic rings. The Hall–Kier alpha value is -2.57. The highest BCUT2D eigenvalue weighted by Crippen LogP contribution is 2.43. The van der Waals surface area contributed by atoms with E-state index in [1.165, 1.54) is 0 Å². The lowest BCUT2D eigenvalue weighted by atomic mass is 9.94. The van der Waals surface area contributed by atoms with Crippen molar-refractivity contribution in [1.82, 2.24) is 0 Å². The van der Waals surface area contributed by atoms with Gasteiger partial charge in [0.25, 0.3) is 5.91 Å². The zero-order chi connectivity index (χ0) is 22.1. The molecule has 0 saturated heterocycles. The molecule has 2 atom stereocenters. The van der Waals surface area contributed by atoms with E-state index in [1.807, 2.05) is 39.0 Å². The number of carbonyl (C=O) groups excluding carboxylic acids is 1. The van der Waals surface area contributed by atoms with Gasteiger partial charge in [0.1, 0.15) is 18.0 Å². The molecular weight excluding hydrogens is 406 g/mol. The lowest BCUT2D eigenvalue weighted by Crippen LogP contribution is -2.44. The van der Waals surface area contributed by atoms with Crippen LogP contribution in [-0.2, 0) is 14.3 Å². The van der Waals surface area contributed by atoms with Gasteiger partial charge in [-0.25, -0.2) is 0 Å². The van der Waals surface area contributed by atoms with Crippen LogP contribution >= 0.6 is 11.6 Å². The Morgan fingerprint density at radius 1 is 1.20 bits per heavy atom. The maximum absolute atomic E-state index is 13.4. The number of nitrogens with zero attached hydrogens (tertiary/aromatic N) is 1. The average molecular weight is 432 g/mol. The first kappa shape index (κ1) is 22.1. The van der Waals surface area contributed by atoms with Crippen molar-refractivity contribution in [1.29, 1.82) is 0 Å². The normalized spacial score (nSPS) is 19.2. The van der Waals surface area contributed by atoms with Crippen molar-refractivity contribution in [3.8, 4) is 5.75 Å². The minimum absolute atomic E-state index is 0.218. The predicted octanol–water partition coefficient (Wildman–Crippen LogP) is 4.69. The Bertz CT molecular complexity index is 953. The zero-order valence-corrected chi connectivity index (χ0v) is 18.3. The number of aliphatic carboxylic acids is 1. The summed E-state index contributed by atoms with van der Waals surface area (Å²) in [5.41, 5.74) is 1.83. The lowest BCUT2D eigenvalue weighted by molar-refractivity contribution is -0.147. The second kappa shape index (κ2) is 8.66. The number of ether oxygens (including phenoxy) is 2. The quantitative estimate of drug-likeness (QED) is 0.743. The van der Waals surface area contributed by atoms with Crippen molar-refractivity contribution in [3.63, 3.8) is 0 Å². The minimum Gasteiger partial charge on any atom is -0.496 e. The van der Waals surface area contributed by atoms with Gasteiger partial charge in [0.15, 0.2) is 0 Å². The fourth-order valence-corrected chi connectivity index (χ4v) is 3.81. The largest absolute Gasteiger partial charge is 0.496 e. The number of anilines is 1. The number of hydrogen-bond acceptors (Lipinski definition) is 4. The standard InChI is InChI=1S/C23H26ClNO5/c1-23(2,3)13-25-17-10-9-14(24)11-16(17)21(15-7-5-6-8-18(15)29-4)30-19(22(25)28)12-20(26)27/h5-11,19,21H,12-13H2,1-4H3,(H,26,27)/t19-,21-/m1/s1. The van der Waals surface area contributed by atoms with Gasteiger partial charge in [-0.3, -0.25) is 9.59 Å². The third-order valence-electron chi connectivity index (χ3n) is 4.82. The number of benzene rings is 2. The monoisotopic (exact) mass is 431 g/mol. The first-order valence-electron chi connectivity index (χ1n) is 9.71. The molecule has 6 nitrogen and oxygen atoms in total. The Kier molecular flexibility index (Phi) is 6.38. The maximum Gasteiger partial charge on any atom is 0.306 e. The Labute approximate surface area is 181 Å². The number of amides is 1. The molecule has 1 aliphatic rings. The van der Waals surface area contributed by atoms with E-state index in [2.05, 4.69) is 0 Å². The molecule has 30 heavy (non-hydrogen) atoms. The summed E-state index contributed by atoms with van der Waals surface area (Å²) in [7, 11) is 1.56. The molecule has 0 aromatic heterocycles. The SMILES string of the molecule is COc1ccccc1[C@H]1O[C@H](CC(=O)O)C(=O)N(CC(C)(C)C)c2ccc(Cl)cc21. The van der Waals surface area contributed by atoms with E-state index in [4.69, 9.17) is 21.1 Å². The third-order valence-corrected chi connectivity index (χ3v) is 5.05. The van der Waals surface area contributed by atoms with Gasteiger partial charge in [-0.2, -0.15) is 0 Å². The number of fused-ring (bicyclic) bond motifs is 1. The molecule has 0 radical (unpaired) electrons. The number of carboxylic acid groups (broad SMARTS) is 1. The van der Waals surface area contributed by atoms with Crippen LogP contribution in [0.3, 0.4) is 0 Å². The van der Waals surface area contributed by atoms with Crippen LogP contribution < -0.4 is 9.64 Å². The Morgan fingerprint density at radius 3 is 2.53 bits per heavy atom. The Morgan fingerprint density at radius 2 is 1.90 bits per heavy atom. The van der Waals surface area contributed by atoms with Crippen LogP contribution in [0, 0.1) is 5.41 Å². The molecule has 1 aliphatic heterocycles. The molecule has 0 spiro atoms. The fourth-order valence-electron chi connectivity index (χ4n) is 3.62. The average Bonchev–Trinajstić information content (AvgIpc) is 2.77. The van der Waals surface area contributed by atoms with Gasteiger partial charge in [-0.1, -0.05) is 50.6 Å². The van der Waals surface area contributed by atoms with Gasteiger partial charge >= 0.3 is 5.97 Å². The summed E-state index contributed by atoms with van der Waals surface area (Å²) in [5.74, 6) is -0.903.